The maximum Gasteiger partial charge on any atom is 0.255 e. The molecule has 0 N–H and O–H groups in total. The van der Waals surface area contributed by atoms with Gasteiger partial charge in [-0.3, -0.25) is 9.69 Å². The summed E-state index contributed by atoms with van der Waals surface area (Å²) in [4.78, 5) is 26.6. The normalized spacial score (nSPS) is 22.2. The largest absolute Gasteiger partial charge is 0.379 e. The van der Waals surface area contributed by atoms with E-state index >= 15 is 0 Å². The first kappa shape index (κ1) is 19.2. The van der Waals surface area contributed by atoms with Gasteiger partial charge in [0.25, 0.3) is 5.91 Å². The molecule has 2 fully saturated rings. The Morgan fingerprint density at radius 2 is 2.00 bits per heavy atom. The highest BCUT2D eigenvalue weighted by molar-refractivity contribution is 5.96. The van der Waals surface area contributed by atoms with Crippen LogP contribution >= 0.6 is 0 Å². The smallest absolute Gasteiger partial charge is 0.255 e. The zero-order valence-corrected chi connectivity index (χ0v) is 17.3. The molecule has 7 heteroatoms. The van der Waals surface area contributed by atoms with Gasteiger partial charge in [0.05, 0.1) is 31.1 Å². The number of aromatic nitrogens is 3. The number of likely N-dealkylation sites (N-methyl/N-ethyl adjacent to an activating group) is 1. The first-order valence-corrected chi connectivity index (χ1v) is 10.6. The number of imidazole rings is 1. The molecule has 4 heterocycles. The topological polar surface area (TPSA) is 63.5 Å². The van der Waals surface area contributed by atoms with E-state index in [1.165, 1.54) is 5.56 Å². The maximum absolute atomic E-state index is 13.2. The molecule has 1 aromatic carbocycles. The second-order valence-electron chi connectivity index (χ2n) is 8.45. The lowest BCUT2D eigenvalue weighted by atomic mass is 10.1. The Morgan fingerprint density at radius 1 is 1.13 bits per heavy atom. The molecule has 7 nitrogen and oxygen atoms in total. The van der Waals surface area contributed by atoms with Gasteiger partial charge in [-0.1, -0.05) is 30.3 Å². The van der Waals surface area contributed by atoms with Crippen molar-refractivity contribution in [2.75, 3.05) is 39.9 Å². The van der Waals surface area contributed by atoms with Gasteiger partial charge in [-0.25, -0.2) is 9.97 Å². The number of ether oxygens (including phenoxy) is 1. The predicted octanol–water partition coefficient (Wildman–Crippen LogP) is 2.08. The molecule has 2 bridgehead atoms. The summed E-state index contributed by atoms with van der Waals surface area (Å²) in [5, 5.41) is 0. The van der Waals surface area contributed by atoms with Gasteiger partial charge in [0.15, 0.2) is 5.65 Å². The van der Waals surface area contributed by atoms with E-state index in [1.807, 2.05) is 23.4 Å². The van der Waals surface area contributed by atoms with Crippen molar-refractivity contribution in [1.29, 1.82) is 0 Å². The predicted molar refractivity (Wildman–Crippen MR) is 114 cm³/mol. The highest BCUT2D eigenvalue weighted by atomic mass is 16.5. The Kier molecular flexibility index (Phi) is 5.23. The Balaban J connectivity index is 1.33. The van der Waals surface area contributed by atoms with E-state index in [0.29, 0.717) is 31.2 Å². The molecule has 0 unspecified atom stereocenters. The van der Waals surface area contributed by atoms with Crippen LogP contribution in [-0.4, -0.2) is 76.2 Å². The molecule has 2 aromatic heterocycles. The Hall–Kier alpha value is -2.77. The number of nitrogens with zero attached hydrogens (tertiary/aromatic N) is 5. The number of carbonyl (C=O) groups excluding carboxylic acids is 1. The van der Waals surface area contributed by atoms with Gasteiger partial charge >= 0.3 is 0 Å². The van der Waals surface area contributed by atoms with Gasteiger partial charge in [-0.2, -0.15) is 0 Å². The number of hydrogen-bond donors (Lipinski definition) is 0. The van der Waals surface area contributed by atoms with Crippen molar-refractivity contribution >= 4 is 17.1 Å². The average Bonchev–Trinajstić information content (AvgIpc) is 2.98. The SMILES string of the molecule is CN1C[C@H]2COC[C@@H]1CN(C(=O)c1cnc3c(c1)ncn3CCc1ccccc1)C2. The molecule has 2 aliphatic heterocycles. The molecule has 156 valence electrons. The first-order valence-electron chi connectivity index (χ1n) is 10.6. The van der Waals surface area contributed by atoms with Gasteiger partial charge in [-0.15, -0.1) is 0 Å². The molecule has 30 heavy (non-hydrogen) atoms. The van der Waals surface area contributed by atoms with Gasteiger partial charge in [0.1, 0.15) is 5.52 Å². The van der Waals surface area contributed by atoms with Gasteiger partial charge in [0.2, 0.25) is 0 Å². The van der Waals surface area contributed by atoms with Crippen LogP contribution in [0.3, 0.4) is 0 Å². The lowest BCUT2D eigenvalue weighted by Gasteiger charge is -2.29. The van der Waals surface area contributed by atoms with Crippen LogP contribution < -0.4 is 0 Å². The van der Waals surface area contributed by atoms with Crippen LogP contribution in [0.25, 0.3) is 11.2 Å². The summed E-state index contributed by atoms with van der Waals surface area (Å²) in [5.74, 6) is 0.385. The molecule has 0 radical (unpaired) electrons. The molecule has 0 saturated carbocycles. The molecule has 0 spiro atoms. The third-order valence-electron chi connectivity index (χ3n) is 6.22. The third-order valence-corrected chi connectivity index (χ3v) is 6.22. The average molecular weight is 406 g/mol. The summed E-state index contributed by atoms with van der Waals surface area (Å²) >= 11 is 0. The minimum absolute atomic E-state index is 0.0374. The van der Waals surface area contributed by atoms with Crippen molar-refractivity contribution in [3.05, 3.63) is 60.0 Å². The molecule has 2 saturated heterocycles. The van der Waals surface area contributed by atoms with Crippen molar-refractivity contribution in [1.82, 2.24) is 24.3 Å². The summed E-state index contributed by atoms with van der Waals surface area (Å²) in [6, 6.07) is 12.5. The monoisotopic (exact) mass is 405 g/mol. The molecule has 5 rings (SSSR count). The zero-order chi connectivity index (χ0) is 20.5. The summed E-state index contributed by atoms with van der Waals surface area (Å²) in [6.07, 6.45) is 4.44. The van der Waals surface area contributed by atoms with E-state index in [2.05, 4.69) is 50.7 Å². The summed E-state index contributed by atoms with van der Waals surface area (Å²) in [6.45, 7) is 4.59. The van der Waals surface area contributed by atoms with Crippen molar-refractivity contribution in [2.24, 2.45) is 5.92 Å². The lowest BCUT2D eigenvalue weighted by molar-refractivity contribution is 0.0433. The van der Waals surface area contributed by atoms with Crippen LogP contribution in [0.5, 0.6) is 0 Å². The van der Waals surface area contributed by atoms with Crippen LogP contribution in [0.15, 0.2) is 48.9 Å². The fourth-order valence-electron chi connectivity index (χ4n) is 4.52. The number of amides is 1. The van der Waals surface area contributed by atoms with Crippen LogP contribution in [-0.2, 0) is 17.7 Å². The van der Waals surface area contributed by atoms with Crippen LogP contribution in [0.4, 0.5) is 0 Å². The third kappa shape index (κ3) is 3.82. The van der Waals surface area contributed by atoms with Gasteiger partial charge in [0, 0.05) is 38.3 Å². The minimum Gasteiger partial charge on any atom is -0.379 e. The highest BCUT2D eigenvalue weighted by Gasteiger charge is 2.33. The van der Waals surface area contributed by atoms with E-state index in [-0.39, 0.29) is 11.9 Å². The van der Waals surface area contributed by atoms with Crippen LogP contribution in [0, 0.1) is 5.92 Å². The molecule has 2 atom stereocenters. The molecular weight excluding hydrogens is 378 g/mol. The molecular formula is C23H27N5O2. The van der Waals surface area contributed by atoms with E-state index in [0.717, 1.165) is 37.2 Å². The Morgan fingerprint density at radius 3 is 2.87 bits per heavy atom. The summed E-state index contributed by atoms with van der Waals surface area (Å²) in [5.41, 5.74) is 3.49. The molecule has 2 aliphatic rings. The molecule has 0 aliphatic carbocycles. The standard InChI is InChI=1S/C23H27N5O2/c1-26-11-18-12-28(13-20(26)15-30-14-18)23(29)19-9-21-22(24-10-19)27(16-25-21)8-7-17-5-3-2-4-6-17/h2-6,9-10,16,18,20H,7-8,11-15H2,1H3/t18-,20+/m1/s1. The number of pyridine rings is 1. The second kappa shape index (κ2) is 8.16. The maximum atomic E-state index is 13.2. The highest BCUT2D eigenvalue weighted by Crippen LogP contribution is 2.21. The van der Waals surface area contributed by atoms with E-state index < -0.39 is 0 Å². The number of benzene rings is 1. The number of hydrogen-bond acceptors (Lipinski definition) is 5. The summed E-state index contributed by atoms with van der Waals surface area (Å²) in [7, 11) is 2.12. The fourth-order valence-corrected chi connectivity index (χ4v) is 4.52. The molecule has 3 aromatic rings. The van der Waals surface area contributed by atoms with E-state index in [1.54, 1.807) is 6.20 Å². The quantitative estimate of drug-likeness (QED) is 0.665. The van der Waals surface area contributed by atoms with Crippen LogP contribution in [0.2, 0.25) is 0 Å². The Labute approximate surface area is 176 Å². The van der Waals surface area contributed by atoms with Crippen LogP contribution in [0.1, 0.15) is 15.9 Å². The fraction of sp³-hybridized carbons (Fsp3) is 0.435. The van der Waals surface area contributed by atoms with E-state index in [9.17, 15) is 4.79 Å². The number of carbonyl (C=O) groups is 1. The zero-order valence-electron chi connectivity index (χ0n) is 17.3. The van der Waals surface area contributed by atoms with Crippen molar-refractivity contribution < 1.29 is 9.53 Å². The number of rotatable bonds is 4. The minimum atomic E-state index is 0.0374. The van der Waals surface area contributed by atoms with E-state index in [4.69, 9.17) is 4.74 Å². The first-order chi connectivity index (χ1) is 14.7. The van der Waals surface area contributed by atoms with Gasteiger partial charge in [-0.05, 0) is 25.1 Å². The number of aryl methyl sites for hydroxylation is 2. The second-order valence-corrected chi connectivity index (χ2v) is 8.45. The number of fused-ring (bicyclic) bond motifs is 4. The van der Waals surface area contributed by atoms with Crippen molar-refractivity contribution in [2.45, 2.75) is 19.0 Å². The summed E-state index contributed by atoms with van der Waals surface area (Å²) < 4.78 is 7.83. The van der Waals surface area contributed by atoms with Crippen molar-refractivity contribution in [3.63, 3.8) is 0 Å². The van der Waals surface area contributed by atoms with Crippen molar-refractivity contribution in [3.8, 4) is 0 Å². The lowest BCUT2D eigenvalue weighted by Crippen LogP contribution is -2.44. The van der Waals surface area contributed by atoms with Gasteiger partial charge < -0.3 is 14.2 Å². The Bertz CT molecular complexity index is 1030. The molecule has 1 amide bonds.